The first-order valence-electron chi connectivity index (χ1n) is 7.36. The molecule has 2 aliphatic rings. The summed E-state index contributed by atoms with van der Waals surface area (Å²) >= 11 is 0. The number of carboxylic acids is 1. The number of nitrogens with one attached hydrogen (secondary N) is 1. The summed E-state index contributed by atoms with van der Waals surface area (Å²) in [5.74, 6) is -2.04. The Kier molecular flexibility index (Phi) is 3.64. The smallest absolute Gasteiger partial charge is 0.228 e. The van der Waals surface area contributed by atoms with Gasteiger partial charge >= 0.3 is 0 Å². The number of benzene rings is 1. The standard InChI is InChI=1S/C17H19NO4/c1-9-7-12(22-2)5-6-13(9)18-16(19)14-10-3-4-11(8-10)15(14)17(20)21/h3-7,10-11,14-15H,8H2,1-2H3,(H,18,19)(H,20,21)/p-1/t10-,11+,14+,15+/m1/s1. The third-order valence-corrected chi connectivity index (χ3v) is 4.73. The van der Waals surface area contributed by atoms with E-state index in [1.54, 1.807) is 19.2 Å². The van der Waals surface area contributed by atoms with Crippen molar-refractivity contribution in [1.82, 2.24) is 0 Å². The number of aryl methyl sites for hydroxylation is 1. The fraction of sp³-hybridized carbons (Fsp3) is 0.412. The number of hydrogen-bond acceptors (Lipinski definition) is 4. The van der Waals surface area contributed by atoms with E-state index in [-0.39, 0.29) is 17.7 Å². The highest BCUT2D eigenvalue weighted by Gasteiger charge is 2.48. The topological polar surface area (TPSA) is 78.5 Å². The van der Waals surface area contributed by atoms with Crippen LogP contribution in [0.2, 0.25) is 0 Å². The largest absolute Gasteiger partial charge is 0.550 e. The maximum Gasteiger partial charge on any atom is 0.228 e. The number of aliphatic carboxylic acids is 1. The minimum absolute atomic E-state index is 0.00791. The van der Waals surface area contributed by atoms with Gasteiger partial charge in [0.25, 0.3) is 0 Å². The molecule has 0 aliphatic heterocycles. The first-order chi connectivity index (χ1) is 10.5. The van der Waals surface area contributed by atoms with Gasteiger partial charge in [-0.05, 0) is 48.9 Å². The molecule has 5 nitrogen and oxygen atoms in total. The molecular weight excluding hydrogens is 282 g/mol. The second-order valence-corrected chi connectivity index (χ2v) is 5.99. The summed E-state index contributed by atoms with van der Waals surface area (Å²) in [5.41, 5.74) is 1.55. The molecular formula is C17H18NO4-. The molecule has 1 aromatic rings. The third-order valence-electron chi connectivity index (χ3n) is 4.73. The van der Waals surface area contributed by atoms with Gasteiger partial charge in [-0.1, -0.05) is 12.2 Å². The van der Waals surface area contributed by atoms with E-state index < -0.39 is 17.8 Å². The first kappa shape index (κ1) is 14.6. The molecule has 0 unspecified atom stereocenters. The van der Waals surface area contributed by atoms with Crippen LogP contribution < -0.4 is 15.2 Å². The number of ether oxygens (including phenoxy) is 1. The van der Waals surface area contributed by atoms with Gasteiger partial charge in [-0.25, -0.2) is 0 Å². The summed E-state index contributed by atoms with van der Waals surface area (Å²) in [7, 11) is 1.58. The minimum Gasteiger partial charge on any atom is -0.550 e. The number of methoxy groups -OCH3 is 1. The van der Waals surface area contributed by atoms with Crippen molar-refractivity contribution in [2.45, 2.75) is 13.3 Å². The molecule has 0 spiro atoms. The van der Waals surface area contributed by atoms with Crippen LogP contribution in [0.4, 0.5) is 5.69 Å². The van der Waals surface area contributed by atoms with Crippen LogP contribution in [0, 0.1) is 30.6 Å². The molecule has 2 aliphatic carbocycles. The number of anilines is 1. The molecule has 1 fully saturated rings. The summed E-state index contributed by atoms with van der Waals surface area (Å²) in [6.07, 6.45) is 4.57. The van der Waals surface area contributed by atoms with Crippen molar-refractivity contribution in [3.05, 3.63) is 35.9 Å². The summed E-state index contributed by atoms with van der Waals surface area (Å²) in [4.78, 5) is 23.9. The number of carboxylic acid groups (broad SMARTS) is 1. The maximum atomic E-state index is 12.6. The monoisotopic (exact) mass is 300 g/mol. The Balaban J connectivity index is 1.80. The molecule has 3 rings (SSSR count). The SMILES string of the molecule is COc1ccc(NC(=O)[C@@H]2[C@@H](C(=O)[O-])[C@H]3C=C[C@@H]2C3)c(C)c1. The molecule has 2 bridgehead atoms. The maximum absolute atomic E-state index is 12.6. The van der Waals surface area contributed by atoms with Crippen molar-refractivity contribution >= 4 is 17.6 Å². The van der Waals surface area contributed by atoms with E-state index >= 15 is 0 Å². The second kappa shape index (κ2) is 5.48. The number of fused-ring (bicyclic) bond motifs is 2. The molecule has 1 amide bonds. The zero-order valence-corrected chi connectivity index (χ0v) is 12.5. The van der Waals surface area contributed by atoms with Crippen LogP contribution in [0.1, 0.15) is 12.0 Å². The fourth-order valence-corrected chi connectivity index (χ4v) is 3.62. The first-order valence-corrected chi connectivity index (χ1v) is 7.36. The zero-order chi connectivity index (χ0) is 15.9. The molecule has 5 heteroatoms. The number of rotatable bonds is 4. The van der Waals surface area contributed by atoms with Gasteiger partial charge in [-0.2, -0.15) is 0 Å². The number of hydrogen-bond donors (Lipinski definition) is 1. The van der Waals surface area contributed by atoms with Gasteiger partial charge in [0.05, 0.1) is 13.0 Å². The Labute approximate surface area is 129 Å². The fourth-order valence-electron chi connectivity index (χ4n) is 3.62. The average Bonchev–Trinajstić information content (AvgIpc) is 3.09. The molecule has 116 valence electrons. The Bertz CT molecular complexity index is 652. The van der Waals surface area contributed by atoms with Crippen molar-refractivity contribution in [3.63, 3.8) is 0 Å². The Morgan fingerprint density at radius 2 is 1.91 bits per heavy atom. The highest BCUT2D eigenvalue weighted by molar-refractivity contribution is 5.96. The molecule has 22 heavy (non-hydrogen) atoms. The van der Waals surface area contributed by atoms with E-state index in [1.807, 2.05) is 25.1 Å². The minimum atomic E-state index is -1.14. The van der Waals surface area contributed by atoms with Gasteiger partial charge in [-0.15, -0.1) is 0 Å². The Morgan fingerprint density at radius 1 is 1.23 bits per heavy atom. The van der Waals surface area contributed by atoms with Gasteiger partial charge in [0.1, 0.15) is 5.75 Å². The Morgan fingerprint density at radius 3 is 2.50 bits per heavy atom. The van der Waals surface area contributed by atoms with E-state index in [0.29, 0.717) is 11.4 Å². The van der Waals surface area contributed by atoms with E-state index in [0.717, 1.165) is 12.0 Å². The Hall–Kier alpha value is -2.30. The van der Waals surface area contributed by atoms with Gasteiger partial charge in [0.2, 0.25) is 5.91 Å². The summed E-state index contributed by atoms with van der Waals surface area (Å²) in [6.45, 7) is 1.87. The zero-order valence-electron chi connectivity index (χ0n) is 12.5. The van der Waals surface area contributed by atoms with E-state index in [2.05, 4.69) is 5.32 Å². The lowest BCUT2D eigenvalue weighted by Gasteiger charge is -2.28. The van der Waals surface area contributed by atoms with Crippen LogP contribution >= 0.6 is 0 Å². The molecule has 0 saturated heterocycles. The second-order valence-electron chi connectivity index (χ2n) is 5.99. The molecule has 0 heterocycles. The highest BCUT2D eigenvalue weighted by atomic mass is 16.5. The number of carbonyl (C=O) groups is 2. The highest BCUT2D eigenvalue weighted by Crippen LogP contribution is 2.48. The van der Waals surface area contributed by atoms with Crippen molar-refractivity contribution < 1.29 is 19.4 Å². The van der Waals surface area contributed by atoms with E-state index in [4.69, 9.17) is 4.74 Å². The lowest BCUT2D eigenvalue weighted by Crippen LogP contribution is -2.42. The van der Waals surface area contributed by atoms with E-state index in [1.165, 1.54) is 0 Å². The van der Waals surface area contributed by atoms with Gasteiger partial charge < -0.3 is 20.0 Å². The lowest BCUT2D eigenvalue weighted by molar-refractivity contribution is -0.313. The number of carbonyl (C=O) groups excluding carboxylic acids is 2. The van der Waals surface area contributed by atoms with E-state index in [9.17, 15) is 14.7 Å². The molecule has 1 aromatic carbocycles. The van der Waals surface area contributed by atoms with Crippen LogP contribution in [0.15, 0.2) is 30.4 Å². The van der Waals surface area contributed by atoms with Crippen LogP contribution in [0.3, 0.4) is 0 Å². The van der Waals surface area contributed by atoms with Gasteiger partial charge in [-0.3, -0.25) is 4.79 Å². The molecule has 0 radical (unpaired) electrons. The van der Waals surface area contributed by atoms with Crippen molar-refractivity contribution in [3.8, 4) is 5.75 Å². The van der Waals surface area contributed by atoms with Crippen molar-refractivity contribution in [1.29, 1.82) is 0 Å². The lowest BCUT2D eigenvalue weighted by atomic mass is 9.82. The number of allylic oxidation sites excluding steroid dienone is 2. The van der Waals surface area contributed by atoms with Gasteiger partial charge in [0, 0.05) is 17.6 Å². The summed E-state index contributed by atoms with van der Waals surface area (Å²) < 4.78 is 5.14. The third kappa shape index (κ3) is 2.36. The molecule has 1 saturated carbocycles. The summed E-state index contributed by atoms with van der Waals surface area (Å²) in [6, 6.07) is 5.36. The average molecular weight is 300 g/mol. The van der Waals surface area contributed by atoms with Crippen LogP contribution in [0.25, 0.3) is 0 Å². The van der Waals surface area contributed by atoms with Gasteiger partial charge in [0.15, 0.2) is 0 Å². The number of amides is 1. The predicted molar refractivity (Wildman–Crippen MR) is 79.1 cm³/mol. The molecule has 4 atom stereocenters. The molecule has 0 aromatic heterocycles. The quantitative estimate of drug-likeness (QED) is 0.846. The van der Waals surface area contributed by atoms with Crippen LogP contribution in [-0.2, 0) is 9.59 Å². The summed E-state index contributed by atoms with van der Waals surface area (Å²) in [5, 5.41) is 14.2. The molecule has 1 N–H and O–H groups in total. The van der Waals surface area contributed by atoms with Crippen LogP contribution in [0.5, 0.6) is 5.75 Å². The van der Waals surface area contributed by atoms with Crippen LogP contribution in [-0.4, -0.2) is 19.0 Å². The predicted octanol–water partition coefficient (Wildman–Crippen LogP) is 1.13. The normalized spacial score (nSPS) is 28.6. The van der Waals surface area contributed by atoms with Crippen molar-refractivity contribution in [2.75, 3.05) is 12.4 Å². The van der Waals surface area contributed by atoms with Crippen molar-refractivity contribution in [2.24, 2.45) is 23.7 Å².